The Kier molecular flexibility index (Phi) is 6.25. The Morgan fingerprint density at radius 2 is 1.57 bits per heavy atom. The van der Waals surface area contributed by atoms with Crippen molar-refractivity contribution < 1.29 is 13.2 Å². The summed E-state index contributed by atoms with van der Waals surface area (Å²) in [6.45, 7) is 3.39. The molecule has 9 heteroatoms. The first-order chi connectivity index (χ1) is 14.4. The molecule has 4 rings (SSSR count). The Morgan fingerprint density at radius 3 is 2.23 bits per heavy atom. The van der Waals surface area contributed by atoms with Crippen LogP contribution in [-0.2, 0) is 10.0 Å². The molecule has 0 aromatic heterocycles. The Morgan fingerprint density at radius 1 is 0.867 bits per heavy atom. The van der Waals surface area contributed by atoms with E-state index in [2.05, 4.69) is 4.90 Å². The van der Waals surface area contributed by atoms with Gasteiger partial charge in [0.1, 0.15) is 0 Å². The highest BCUT2D eigenvalue weighted by Crippen LogP contribution is 2.27. The van der Waals surface area contributed by atoms with Crippen LogP contribution in [0.2, 0.25) is 10.0 Å². The summed E-state index contributed by atoms with van der Waals surface area (Å²) in [5.41, 5.74) is 1.25. The Bertz CT molecular complexity index is 1050. The van der Waals surface area contributed by atoms with Crippen molar-refractivity contribution in [1.82, 2.24) is 9.21 Å². The van der Waals surface area contributed by atoms with Crippen LogP contribution in [0.4, 0.5) is 5.69 Å². The van der Waals surface area contributed by atoms with Gasteiger partial charge < -0.3 is 9.80 Å². The molecule has 30 heavy (non-hydrogen) atoms. The molecule has 0 spiro atoms. The zero-order chi connectivity index (χ0) is 21.3. The third kappa shape index (κ3) is 4.30. The van der Waals surface area contributed by atoms with E-state index in [0.717, 1.165) is 18.5 Å². The highest BCUT2D eigenvalue weighted by atomic mass is 35.5. The molecule has 0 saturated carbocycles. The van der Waals surface area contributed by atoms with Crippen molar-refractivity contribution in [2.24, 2.45) is 0 Å². The van der Waals surface area contributed by atoms with E-state index in [1.54, 1.807) is 4.90 Å². The van der Waals surface area contributed by atoms with Crippen molar-refractivity contribution in [2.75, 3.05) is 44.2 Å². The Labute approximate surface area is 187 Å². The summed E-state index contributed by atoms with van der Waals surface area (Å²) in [4.78, 5) is 17.1. The van der Waals surface area contributed by atoms with Crippen molar-refractivity contribution >= 4 is 44.8 Å². The summed E-state index contributed by atoms with van der Waals surface area (Å²) in [5, 5.41) is 0.937. The molecule has 6 nitrogen and oxygen atoms in total. The molecule has 0 atom stereocenters. The van der Waals surface area contributed by atoms with Gasteiger partial charge in [0.05, 0.1) is 15.5 Å². The molecule has 2 heterocycles. The van der Waals surface area contributed by atoms with Crippen LogP contribution in [0.25, 0.3) is 0 Å². The van der Waals surface area contributed by atoms with E-state index in [1.165, 1.54) is 22.5 Å². The van der Waals surface area contributed by atoms with E-state index in [0.29, 0.717) is 44.3 Å². The number of halogens is 2. The summed E-state index contributed by atoms with van der Waals surface area (Å²) in [6, 6.07) is 12.0. The lowest BCUT2D eigenvalue weighted by atomic mass is 10.1. The van der Waals surface area contributed by atoms with Gasteiger partial charge in [-0.1, -0.05) is 29.3 Å². The minimum absolute atomic E-state index is 0.120. The number of rotatable bonds is 4. The van der Waals surface area contributed by atoms with Crippen LogP contribution in [0.5, 0.6) is 0 Å². The number of hydrogen-bond donors (Lipinski definition) is 0. The van der Waals surface area contributed by atoms with Crippen molar-refractivity contribution in [3.63, 3.8) is 0 Å². The molecule has 2 aromatic rings. The van der Waals surface area contributed by atoms with Crippen molar-refractivity contribution in [3.8, 4) is 0 Å². The van der Waals surface area contributed by atoms with Crippen LogP contribution in [0.15, 0.2) is 47.4 Å². The molecule has 0 aliphatic carbocycles. The fourth-order valence-electron chi connectivity index (χ4n) is 3.92. The zero-order valence-electron chi connectivity index (χ0n) is 16.4. The number of benzene rings is 2. The van der Waals surface area contributed by atoms with E-state index in [9.17, 15) is 13.2 Å². The lowest BCUT2D eigenvalue weighted by molar-refractivity contribution is 0.0746. The smallest absolute Gasteiger partial charge is 0.255 e. The largest absolute Gasteiger partial charge is 0.368 e. The van der Waals surface area contributed by atoms with Crippen LogP contribution in [0.1, 0.15) is 23.2 Å². The topological polar surface area (TPSA) is 60.9 Å². The highest BCUT2D eigenvalue weighted by molar-refractivity contribution is 7.89. The quantitative estimate of drug-likeness (QED) is 0.686. The first kappa shape index (κ1) is 21.4. The average Bonchev–Trinajstić information content (AvgIpc) is 3.29. The number of piperazine rings is 1. The van der Waals surface area contributed by atoms with Crippen molar-refractivity contribution in [2.45, 2.75) is 17.7 Å². The van der Waals surface area contributed by atoms with Crippen LogP contribution < -0.4 is 4.90 Å². The number of sulfonamides is 1. The second-order valence-corrected chi connectivity index (χ2v) is 10.3. The van der Waals surface area contributed by atoms with Gasteiger partial charge in [0.25, 0.3) is 5.91 Å². The molecule has 2 fully saturated rings. The Balaban J connectivity index is 1.50. The molecule has 2 saturated heterocycles. The molecule has 2 aliphatic heterocycles. The predicted molar refractivity (Wildman–Crippen MR) is 119 cm³/mol. The predicted octanol–water partition coefficient (Wildman–Crippen LogP) is 3.74. The minimum atomic E-state index is -3.61. The number of nitrogens with zero attached hydrogens (tertiary/aromatic N) is 3. The Hall–Kier alpha value is -1.80. The number of hydrogen-bond acceptors (Lipinski definition) is 4. The average molecular weight is 468 g/mol. The molecule has 1 amide bonds. The second kappa shape index (κ2) is 8.75. The molecule has 2 aliphatic rings. The fraction of sp³-hybridized carbons (Fsp3) is 0.381. The second-order valence-electron chi connectivity index (χ2n) is 7.51. The van der Waals surface area contributed by atoms with Gasteiger partial charge in [-0.2, -0.15) is 4.31 Å². The van der Waals surface area contributed by atoms with Gasteiger partial charge in [-0.25, -0.2) is 8.42 Å². The molecule has 0 N–H and O–H groups in total. The van der Waals surface area contributed by atoms with Crippen molar-refractivity contribution in [1.29, 1.82) is 0 Å². The van der Waals surface area contributed by atoms with Gasteiger partial charge >= 0.3 is 0 Å². The van der Waals surface area contributed by atoms with Gasteiger partial charge in [0.15, 0.2) is 0 Å². The van der Waals surface area contributed by atoms with Crippen LogP contribution in [-0.4, -0.2) is 62.8 Å². The van der Waals surface area contributed by atoms with E-state index in [4.69, 9.17) is 23.2 Å². The normalized spacial score (nSPS) is 18.1. The minimum Gasteiger partial charge on any atom is -0.368 e. The van der Waals surface area contributed by atoms with E-state index >= 15 is 0 Å². The SMILES string of the molecule is O=C(c1cc(S(=O)(=O)N2CCCC2)ccc1Cl)N1CCN(c2cccc(Cl)c2)CC1. The summed E-state index contributed by atoms with van der Waals surface area (Å²) >= 11 is 12.4. The molecule has 0 unspecified atom stereocenters. The third-order valence-corrected chi connectivity index (χ3v) is 8.07. The van der Waals surface area contributed by atoms with Gasteiger partial charge in [-0.05, 0) is 49.2 Å². The lowest BCUT2D eigenvalue weighted by Crippen LogP contribution is -2.48. The highest BCUT2D eigenvalue weighted by Gasteiger charge is 2.30. The molecule has 0 bridgehead atoms. The van der Waals surface area contributed by atoms with Crippen molar-refractivity contribution in [3.05, 3.63) is 58.1 Å². The number of anilines is 1. The maximum atomic E-state index is 13.1. The molecular weight excluding hydrogens is 445 g/mol. The third-order valence-electron chi connectivity index (χ3n) is 5.61. The molecule has 2 aromatic carbocycles. The molecular formula is C21H23Cl2N3O3S. The van der Waals surface area contributed by atoms with Gasteiger partial charge in [0.2, 0.25) is 10.0 Å². The van der Waals surface area contributed by atoms with Crippen LogP contribution in [0.3, 0.4) is 0 Å². The summed E-state index contributed by atoms with van der Waals surface area (Å²) in [6.07, 6.45) is 1.71. The maximum Gasteiger partial charge on any atom is 0.255 e. The first-order valence-corrected chi connectivity index (χ1v) is 12.2. The van der Waals surface area contributed by atoms with E-state index in [1.807, 2.05) is 24.3 Å². The molecule has 160 valence electrons. The summed E-state index contributed by atoms with van der Waals surface area (Å²) in [5.74, 6) is -0.246. The van der Waals surface area contributed by atoms with Crippen LogP contribution >= 0.6 is 23.2 Å². The number of amides is 1. The lowest BCUT2D eigenvalue weighted by Gasteiger charge is -2.36. The van der Waals surface area contributed by atoms with E-state index in [-0.39, 0.29) is 21.4 Å². The monoisotopic (exact) mass is 467 g/mol. The maximum absolute atomic E-state index is 13.1. The standard InChI is InChI=1S/C21H23Cl2N3O3S/c22-16-4-3-5-17(14-16)24-10-12-25(13-11-24)21(27)19-15-18(6-7-20(19)23)30(28,29)26-8-1-2-9-26/h3-7,14-15H,1-2,8-13H2. The summed E-state index contributed by atoms with van der Waals surface area (Å²) in [7, 11) is -3.61. The zero-order valence-corrected chi connectivity index (χ0v) is 18.8. The number of carbonyl (C=O) groups excluding carboxylic acids is 1. The van der Waals surface area contributed by atoms with Gasteiger partial charge in [0, 0.05) is 50.0 Å². The van der Waals surface area contributed by atoms with Gasteiger partial charge in [-0.3, -0.25) is 4.79 Å². The molecule has 0 radical (unpaired) electrons. The summed E-state index contributed by atoms with van der Waals surface area (Å²) < 4.78 is 27.2. The fourth-order valence-corrected chi connectivity index (χ4v) is 5.84. The van der Waals surface area contributed by atoms with Crippen LogP contribution in [0, 0.1) is 0 Å². The number of carbonyl (C=O) groups is 1. The van der Waals surface area contributed by atoms with Gasteiger partial charge in [-0.15, -0.1) is 0 Å². The van der Waals surface area contributed by atoms with E-state index < -0.39 is 10.0 Å². The first-order valence-electron chi connectivity index (χ1n) is 9.96.